The minimum absolute atomic E-state index is 0.0598. The van der Waals surface area contributed by atoms with Crippen LogP contribution in [0.4, 0.5) is 28.9 Å². The van der Waals surface area contributed by atoms with E-state index in [0.717, 1.165) is 101 Å². The van der Waals surface area contributed by atoms with Crippen molar-refractivity contribution >= 4 is 107 Å². The molecule has 4 aliphatic heterocycles. The van der Waals surface area contributed by atoms with Gasteiger partial charge in [0.2, 0.25) is 0 Å². The van der Waals surface area contributed by atoms with Crippen molar-refractivity contribution in [3.8, 4) is 0 Å². The van der Waals surface area contributed by atoms with Crippen molar-refractivity contribution in [2.45, 2.75) is 55.5 Å². The number of H-pyrrole nitrogens is 4. The van der Waals surface area contributed by atoms with Gasteiger partial charge in [0.1, 0.15) is 11.6 Å². The van der Waals surface area contributed by atoms with Gasteiger partial charge in [0.15, 0.2) is 0 Å². The summed E-state index contributed by atoms with van der Waals surface area (Å²) in [6.07, 6.45) is 10.6. The van der Waals surface area contributed by atoms with Crippen LogP contribution in [0.2, 0.25) is 0 Å². The Labute approximate surface area is 525 Å². The number of alkyl halides is 2. The molecule has 90 heavy (non-hydrogen) atoms. The Bertz CT molecular complexity index is 4370. The molecule has 26 heteroatoms. The van der Waals surface area contributed by atoms with Crippen LogP contribution >= 0.6 is 0 Å². The van der Waals surface area contributed by atoms with Crippen LogP contribution in [0.3, 0.4) is 0 Å². The first-order chi connectivity index (χ1) is 42.8. The summed E-state index contributed by atoms with van der Waals surface area (Å²) in [5.74, 6) is 8.20. The fourth-order valence-electron chi connectivity index (χ4n) is 12.4. The van der Waals surface area contributed by atoms with Crippen LogP contribution in [0, 0.1) is 11.6 Å². The molecule has 4 fully saturated rings. The number of rotatable bonds is 13. The van der Waals surface area contributed by atoms with Crippen LogP contribution in [0.25, 0.3) is 43.6 Å². The number of aromatic amines is 4. The largest absolute Gasteiger partial charge is 0.367 e. The molecule has 5 aromatic carbocycles. The summed E-state index contributed by atoms with van der Waals surface area (Å²) in [5, 5.41) is 0.627. The van der Waals surface area contributed by atoms with Crippen molar-refractivity contribution in [2.75, 3.05) is 109 Å². The van der Waals surface area contributed by atoms with Crippen molar-refractivity contribution in [3.63, 3.8) is 0 Å². The summed E-state index contributed by atoms with van der Waals surface area (Å²) in [7, 11) is -7.67. The molecule has 8 heterocycles. The van der Waals surface area contributed by atoms with Gasteiger partial charge in [-0.25, -0.2) is 34.7 Å². The molecule has 0 saturated carbocycles. The van der Waals surface area contributed by atoms with E-state index in [1.54, 1.807) is 37.7 Å². The van der Waals surface area contributed by atoms with E-state index in [0.29, 0.717) is 63.1 Å². The maximum absolute atomic E-state index is 13.4. The van der Waals surface area contributed by atoms with E-state index in [1.165, 1.54) is 50.6 Å². The molecule has 0 bridgehead atoms. The third-order valence-electron chi connectivity index (χ3n) is 17.5. The summed E-state index contributed by atoms with van der Waals surface area (Å²) in [4.78, 5) is 17.3. The minimum Gasteiger partial charge on any atom is -0.367 e. The molecule has 9 aromatic rings. The first-order valence-corrected chi connectivity index (χ1v) is 36.4. The number of halogens is 4. The molecule has 13 rings (SSSR count). The topological polar surface area (TPSA) is 200 Å². The normalized spacial score (nSPS) is 18.8. The van der Waals surface area contributed by atoms with E-state index in [1.807, 2.05) is 81.7 Å². The number of anilines is 2. The lowest BCUT2D eigenvalue weighted by Gasteiger charge is -2.36. The van der Waals surface area contributed by atoms with E-state index < -0.39 is 45.1 Å². The average molecular weight is 1320 g/mol. The smallest absolute Gasteiger partial charge is 0.356 e. The van der Waals surface area contributed by atoms with Gasteiger partial charge in [0.25, 0.3) is 20.2 Å². The minimum atomic E-state index is -4.60. The summed E-state index contributed by atoms with van der Waals surface area (Å²) in [6, 6.07) is 35.7. The van der Waals surface area contributed by atoms with Gasteiger partial charge in [-0.1, -0.05) is 66.7 Å². The third kappa shape index (κ3) is 14.8. The van der Waals surface area contributed by atoms with Crippen LogP contribution in [-0.2, 0) is 45.6 Å². The van der Waals surface area contributed by atoms with Crippen molar-refractivity contribution in [1.82, 2.24) is 46.2 Å². The number of hydrogen-bond donors (Lipinski definition) is 5. The molecule has 2 atom stereocenters. The van der Waals surface area contributed by atoms with Gasteiger partial charge in [0, 0.05) is 178 Å². The van der Waals surface area contributed by atoms with E-state index >= 15 is 0 Å². The highest BCUT2D eigenvalue weighted by molar-refractivity contribution is 7.97. The first kappa shape index (κ1) is 66.2. The zero-order chi connectivity index (χ0) is 64.2. The van der Waals surface area contributed by atoms with Gasteiger partial charge in [0.05, 0.1) is 27.0 Å². The average Bonchev–Trinajstić information content (AvgIpc) is 3.72. The molecule has 18 nitrogen and oxygen atoms in total. The Kier molecular flexibility index (Phi) is 20.3. The number of nitrogens with one attached hydrogen (secondary N) is 5. The fourth-order valence-corrected chi connectivity index (χ4v) is 17.4. The van der Waals surface area contributed by atoms with Crippen LogP contribution in [0.15, 0.2) is 140 Å². The Morgan fingerprint density at radius 3 is 1.36 bits per heavy atom. The molecule has 0 aliphatic carbocycles. The highest BCUT2D eigenvalue weighted by atomic mass is 32.2. The number of hydrogen-bond acceptors (Lipinski definition) is 8. The number of benzene rings is 5. The molecule has 4 aliphatic rings. The maximum atomic E-state index is 13.4. The standard InChI is InChI=1S/C21H23FN2OS.C15H17F3N2O2S.C14H20N4O2S.C14H20N4OS/c1-26(25,15-16-5-3-2-4-6-16)24-11-9-17(10-12-24)20-14-23-21-13-18(22)7-8-19(20)21;1-15(17,18)23(21,22)20-6-4-10(5-7-20)13-9-19-14-8-11(16)2-3-12(13)14;1-16(2)21(19,20)18-9-7-17(8-10-18)14-11-15-13-6-4-3-5-12(13)14;1-15-20(2,19)18-9-7-17(8-10-18)14-11-16-13-6-4-3-5-12(13)14/h2-8,13-14,17,23H,1,9-12,15H2;2-3,8-10,19H,4-7H2,1H3;3-6,11,15H,7-10H2,1-2H3;3-6,11,16H,2,7-10H2,1H3,(H,15,19). The van der Waals surface area contributed by atoms with Crippen molar-refractivity contribution in [3.05, 3.63) is 168 Å². The molecule has 4 saturated heterocycles. The van der Waals surface area contributed by atoms with Crippen LogP contribution in [-0.4, -0.2) is 183 Å². The molecule has 0 amide bonds. The van der Waals surface area contributed by atoms with E-state index in [9.17, 15) is 42.8 Å². The van der Waals surface area contributed by atoms with Gasteiger partial charge < -0.3 is 29.7 Å². The van der Waals surface area contributed by atoms with Gasteiger partial charge in [-0.05, 0) is 122 Å². The Morgan fingerprint density at radius 1 is 0.511 bits per heavy atom. The summed E-state index contributed by atoms with van der Waals surface area (Å²) in [5.41, 5.74) is 9.42. The van der Waals surface area contributed by atoms with Crippen LogP contribution in [0.1, 0.15) is 61.1 Å². The van der Waals surface area contributed by atoms with E-state index in [-0.39, 0.29) is 30.6 Å². The molecule has 0 radical (unpaired) electrons. The number of piperidine rings is 2. The molecular weight excluding hydrogens is 1240 g/mol. The molecular formula is C64H80F4N12O6S4. The second kappa shape index (κ2) is 27.6. The van der Waals surface area contributed by atoms with E-state index in [2.05, 4.69) is 76.7 Å². The number of piperazine rings is 2. The number of sulfonamides is 1. The van der Waals surface area contributed by atoms with Gasteiger partial charge in [-0.3, -0.25) is 4.21 Å². The molecule has 0 spiro atoms. The molecule has 4 aromatic heterocycles. The maximum Gasteiger partial charge on any atom is 0.356 e. The lowest BCUT2D eigenvalue weighted by atomic mass is 9.90. The number of fused-ring (bicyclic) bond motifs is 4. The highest BCUT2D eigenvalue weighted by Gasteiger charge is 2.45. The first-order valence-electron chi connectivity index (χ1n) is 30.0. The van der Waals surface area contributed by atoms with Crippen LogP contribution in [0.5, 0.6) is 0 Å². The monoisotopic (exact) mass is 1320 g/mol. The lowest BCUT2D eigenvalue weighted by Crippen LogP contribution is -2.51. The highest BCUT2D eigenvalue weighted by Crippen LogP contribution is 2.38. The molecule has 484 valence electrons. The van der Waals surface area contributed by atoms with Gasteiger partial charge in [-0.2, -0.15) is 30.1 Å². The predicted octanol–water partition coefficient (Wildman–Crippen LogP) is 9.90. The van der Waals surface area contributed by atoms with E-state index in [4.69, 9.17) is 0 Å². The molecule has 5 N–H and O–H groups in total. The Balaban J connectivity index is 0.000000133. The number of aromatic nitrogens is 4. The zero-order valence-corrected chi connectivity index (χ0v) is 54.4. The van der Waals surface area contributed by atoms with Crippen molar-refractivity contribution in [1.29, 1.82) is 0 Å². The van der Waals surface area contributed by atoms with Crippen molar-refractivity contribution in [2.24, 2.45) is 0 Å². The SMILES string of the molecule is C=S(=O)(Cc1ccccc1)N1CCC(c2c[nH]c3cc(F)ccc23)CC1.C=S(=O)(NC)N1CCN(c2c[nH]c3ccccc23)CC1.CC(F)(F)S(=O)(=O)N1CCC(c2c[nH]c3cc(F)ccc23)CC1.CN(C)S(=O)(=O)N1CCN(c2c[nH]c3ccccc23)CC1. The summed E-state index contributed by atoms with van der Waals surface area (Å²) in [6.45, 7) is 7.72. The number of nitrogens with zero attached hydrogens (tertiary/aromatic N) is 7. The van der Waals surface area contributed by atoms with Gasteiger partial charge in [-0.15, -0.1) is 0 Å². The quantitative estimate of drug-likeness (QED) is 0.0555. The summed E-state index contributed by atoms with van der Waals surface area (Å²) >= 11 is 0. The Hall–Kier alpha value is -6.72. The second-order valence-electron chi connectivity index (χ2n) is 23.3. The zero-order valence-electron chi connectivity index (χ0n) is 51.1. The number of para-hydroxylation sites is 2. The van der Waals surface area contributed by atoms with Crippen LogP contribution < -0.4 is 14.5 Å². The van der Waals surface area contributed by atoms with Gasteiger partial charge >= 0.3 is 5.25 Å². The fraction of sp³-hybridized carbons (Fsp3) is 0.375. The third-order valence-corrected chi connectivity index (χ3v) is 25.3. The Morgan fingerprint density at radius 2 is 0.922 bits per heavy atom. The predicted molar refractivity (Wildman–Crippen MR) is 360 cm³/mol. The second-order valence-corrected chi connectivity index (χ2v) is 32.2. The lowest BCUT2D eigenvalue weighted by molar-refractivity contribution is 0.102. The molecule has 2 unspecified atom stereocenters. The summed E-state index contributed by atoms with van der Waals surface area (Å²) < 4.78 is 137. The van der Waals surface area contributed by atoms with Crippen molar-refractivity contribution < 1.29 is 42.8 Å².